The van der Waals surface area contributed by atoms with E-state index in [1.807, 2.05) is 66.0 Å². The Kier molecular flexibility index (Phi) is 4.97. The van der Waals surface area contributed by atoms with Crippen LogP contribution in [0.25, 0.3) is 11.1 Å². The molecule has 2 aliphatic rings. The number of benzene rings is 2. The summed E-state index contributed by atoms with van der Waals surface area (Å²) in [5.74, 6) is 2.86. The number of hydrogen-bond donors (Lipinski definition) is 0. The van der Waals surface area contributed by atoms with Crippen LogP contribution in [0, 0.1) is 10.1 Å². The maximum atomic E-state index is 11.0. The third kappa shape index (κ3) is 3.16. The van der Waals surface area contributed by atoms with Crippen LogP contribution in [0.15, 0.2) is 59.6 Å². The van der Waals surface area contributed by atoms with Gasteiger partial charge in [0, 0.05) is 34.2 Å². The molecule has 2 aromatic carbocycles. The van der Waals surface area contributed by atoms with Gasteiger partial charge in [-0.15, -0.1) is 23.5 Å². The van der Waals surface area contributed by atoms with Crippen LogP contribution in [-0.4, -0.2) is 27.6 Å². The molecule has 0 aromatic heterocycles. The van der Waals surface area contributed by atoms with Crippen LogP contribution in [0.1, 0.15) is 11.1 Å². The summed E-state index contributed by atoms with van der Waals surface area (Å²) in [7, 11) is 1.65. The quantitative estimate of drug-likeness (QED) is 0.463. The van der Waals surface area contributed by atoms with Crippen molar-refractivity contribution in [1.29, 1.82) is 0 Å². The van der Waals surface area contributed by atoms with Gasteiger partial charge in [-0.1, -0.05) is 23.7 Å². The molecule has 7 heteroatoms. The molecule has 1 heterocycles. The molecule has 1 aliphatic carbocycles. The fourth-order valence-corrected chi connectivity index (χ4v) is 7.38. The standard InChI is InChI=1S/C20H16ClNO3S2/c1-25-16-8-4-14(5-9-16)19-18(21)12-17(20(19)26-10-11-27-20)13-2-6-15(7-3-13)22(23)24/h2-9,12H,10-11H2,1H3. The Hall–Kier alpha value is -1.89. The highest BCUT2D eigenvalue weighted by Crippen LogP contribution is 2.64. The van der Waals surface area contributed by atoms with Gasteiger partial charge in [0.15, 0.2) is 0 Å². The predicted molar refractivity (Wildman–Crippen MR) is 114 cm³/mol. The molecule has 0 amide bonds. The van der Waals surface area contributed by atoms with Crippen molar-refractivity contribution in [3.8, 4) is 5.75 Å². The van der Waals surface area contributed by atoms with Crippen LogP contribution in [0.2, 0.25) is 0 Å². The van der Waals surface area contributed by atoms with E-state index in [4.69, 9.17) is 16.3 Å². The minimum absolute atomic E-state index is 0.0903. The van der Waals surface area contributed by atoms with Gasteiger partial charge in [-0.25, -0.2) is 0 Å². The fourth-order valence-electron chi connectivity index (χ4n) is 3.42. The van der Waals surface area contributed by atoms with Gasteiger partial charge in [0.05, 0.1) is 12.0 Å². The van der Waals surface area contributed by atoms with Crippen LogP contribution in [0.5, 0.6) is 5.75 Å². The number of nitro benzene ring substituents is 1. The van der Waals surface area contributed by atoms with E-state index >= 15 is 0 Å². The molecule has 0 atom stereocenters. The highest BCUT2D eigenvalue weighted by molar-refractivity contribution is 8.22. The van der Waals surface area contributed by atoms with Gasteiger partial charge in [-0.05, 0) is 47.0 Å². The molecule has 0 unspecified atom stereocenters. The molecule has 0 bridgehead atoms. The molecule has 4 nitrogen and oxygen atoms in total. The smallest absolute Gasteiger partial charge is 0.269 e. The molecule has 138 valence electrons. The van der Waals surface area contributed by atoms with Crippen LogP contribution >= 0.6 is 35.1 Å². The number of nitro groups is 1. The average molecular weight is 418 g/mol. The molecule has 1 fully saturated rings. The summed E-state index contributed by atoms with van der Waals surface area (Å²) >= 11 is 10.5. The number of nitrogens with zero attached hydrogens (tertiary/aromatic N) is 1. The van der Waals surface area contributed by atoms with Crippen LogP contribution in [0.3, 0.4) is 0 Å². The Bertz CT molecular complexity index is 946. The topological polar surface area (TPSA) is 52.4 Å². The SMILES string of the molecule is COc1ccc(C2=C(Cl)C=C(c3ccc([N+](=O)[O-])cc3)C23SCCS3)cc1. The number of allylic oxidation sites excluding steroid dienone is 2. The lowest BCUT2D eigenvalue weighted by Gasteiger charge is -2.30. The highest BCUT2D eigenvalue weighted by Gasteiger charge is 2.48. The van der Waals surface area contributed by atoms with Gasteiger partial charge in [-0.2, -0.15) is 0 Å². The molecule has 1 saturated heterocycles. The van der Waals surface area contributed by atoms with Gasteiger partial charge >= 0.3 is 0 Å². The van der Waals surface area contributed by atoms with E-state index in [0.29, 0.717) is 0 Å². The summed E-state index contributed by atoms with van der Waals surface area (Å²) in [6.45, 7) is 0. The van der Waals surface area contributed by atoms with Crippen molar-refractivity contribution in [1.82, 2.24) is 0 Å². The van der Waals surface area contributed by atoms with Crippen molar-refractivity contribution in [2.45, 2.75) is 4.08 Å². The summed E-state index contributed by atoms with van der Waals surface area (Å²) < 4.78 is 4.98. The van der Waals surface area contributed by atoms with E-state index in [2.05, 4.69) is 0 Å². The molecule has 0 radical (unpaired) electrons. The zero-order valence-electron chi connectivity index (χ0n) is 14.5. The maximum absolute atomic E-state index is 11.0. The maximum Gasteiger partial charge on any atom is 0.269 e. The molecule has 1 spiro atoms. The number of ether oxygens (including phenoxy) is 1. The molecule has 4 rings (SSSR count). The Labute approximate surface area is 170 Å². The van der Waals surface area contributed by atoms with Crippen molar-refractivity contribution in [2.75, 3.05) is 18.6 Å². The largest absolute Gasteiger partial charge is 0.497 e. The number of thioether (sulfide) groups is 2. The Morgan fingerprint density at radius 3 is 2.19 bits per heavy atom. The van der Waals surface area contributed by atoms with Crippen molar-refractivity contribution < 1.29 is 9.66 Å². The zero-order valence-corrected chi connectivity index (χ0v) is 16.9. The predicted octanol–water partition coefficient (Wildman–Crippen LogP) is 5.83. The van der Waals surface area contributed by atoms with E-state index in [9.17, 15) is 10.1 Å². The van der Waals surface area contributed by atoms with Crippen molar-refractivity contribution in [3.05, 3.63) is 80.9 Å². The van der Waals surface area contributed by atoms with Crippen molar-refractivity contribution in [2.24, 2.45) is 0 Å². The minimum Gasteiger partial charge on any atom is -0.497 e. The normalized spacial score (nSPS) is 18.1. The Balaban J connectivity index is 1.77. The van der Waals surface area contributed by atoms with Crippen molar-refractivity contribution in [3.63, 3.8) is 0 Å². The van der Waals surface area contributed by atoms with Crippen LogP contribution in [0.4, 0.5) is 5.69 Å². The number of rotatable bonds is 4. The van der Waals surface area contributed by atoms with Gasteiger partial charge in [0.2, 0.25) is 0 Å². The van der Waals surface area contributed by atoms with Gasteiger partial charge in [0.1, 0.15) is 9.83 Å². The minimum atomic E-state index is -0.379. The zero-order chi connectivity index (χ0) is 19.0. The van der Waals surface area contributed by atoms with E-state index in [-0.39, 0.29) is 14.7 Å². The van der Waals surface area contributed by atoms with Gasteiger partial charge in [0.25, 0.3) is 5.69 Å². The number of hydrogen-bond acceptors (Lipinski definition) is 5. The second-order valence-corrected chi connectivity index (χ2v) is 9.41. The molecule has 1 aliphatic heterocycles. The number of halogens is 1. The van der Waals surface area contributed by atoms with Gasteiger partial charge < -0.3 is 4.74 Å². The second-order valence-electron chi connectivity index (χ2n) is 6.13. The van der Waals surface area contributed by atoms with Crippen LogP contribution in [-0.2, 0) is 0 Å². The summed E-state index contributed by atoms with van der Waals surface area (Å²) in [5, 5.41) is 11.7. The van der Waals surface area contributed by atoms with E-state index in [0.717, 1.165) is 44.6 Å². The first-order chi connectivity index (χ1) is 13.0. The lowest BCUT2D eigenvalue weighted by molar-refractivity contribution is -0.384. The van der Waals surface area contributed by atoms with E-state index in [1.54, 1.807) is 19.2 Å². The Morgan fingerprint density at radius 2 is 1.63 bits per heavy atom. The summed E-state index contributed by atoms with van der Waals surface area (Å²) in [5.41, 5.74) is 4.31. The molecular formula is C20H16ClNO3S2. The third-order valence-electron chi connectivity index (χ3n) is 4.66. The van der Waals surface area contributed by atoms with E-state index < -0.39 is 0 Å². The summed E-state index contributed by atoms with van der Waals surface area (Å²) in [4.78, 5) is 10.6. The second kappa shape index (κ2) is 7.26. The lowest BCUT2D eigenvalue weighted by Crippen LogP contribution is -2.19. The molecular weight excluding hydrogens is 402 g/mol. The summed E-state index contributed by atoms with van der Waals surface area (Å²) in [6.07, 6.45) is 2.01. The van der Waals surface area contributed by atoms with E-state index in [1.165, 1.54) is 0 Å². The number of methoxy groups -OCH3 is 1. The monoisotopic (exact) mass is 417 g/mol. The lowest BCUT2D eigenvalue weighted by atomic mass is 9.97. The fraction of sp³-hybridized carbons (Fsp3) is 0.200. The first kappa shape index (κ1) is 18.5. The third-order valence-corrected chi connectivity index (χ3v) is 8.40. The average Bonchev–Trinajstić information content (AvgIpc) is 3.27. The first-order valence-corrected chi connectivity index (χ1v) is 10.7. The molecule has 2 aromatic rings. The molecule has 0 N–H and O–H groups in total. The molecule has 0 saturated carbocycles. The van der Waals surface area contributed by atoms with Crippen LogP contribution < -0.4 is 4.74 Å². The molecule has 27 heavy (non-hydrogen) atoms. The Morgan fingerprint density at radius 1 is 1.04 bits per heavy atom. The number of non-ortho nitro benzene ring substituents is 1. The first-order valence-electron chi connectivity index (χ1n) is 8.35. The highest BCUT2D eigenvalue weighted by atomic mass is 35.5. The van der Waals surface area contributed by atoms with Gasteiger partial charge in [-0.3, -0.25) is 10.1 Å². The summed E-state index contributed by atoms with van der Waals surface area (Å²) in [6, 6.07) is 14.7. The van der Waals surface area contributed by atoms with Crippen molar-refractivity contribution >= 4 is 52.0 Å².